The molecule has 0 amide bonds. The van der Waals surface area contributed by atoms with Crippen LogP contribution in [0.15, 0.2) is 30.3 Å². The first-order valence-electron chi connectivity index (χ1n) is 11.6. The maximum Gasteiger partial charge on any atom is 0.314 e. The van der Waals surface area contributed by atoms with Crippen LogP contribution in [0.5, 0.6) is 5.75 Å². The Morgan fingerprint density at radius 2 is 1.87 bits per heavy atom. The summed E-state index contributed by atoms with van der Waals surface area (Å²) >= 11 is 0. The SMILES string of the molecule is CCOc1ccc(C(=O)c2c(CC)cc3n2CCCCC3C(=O)OCCC(C)C)cc1. The number of carbonyl (C=O) groups excluding carboxylic acids is 2. The molecule has 2 aromatic rings. The fourth-order valence-corrected chi connectivity index (χ4v) is 4.20. The lowest BCUT2D eigenvalue weighted by molar-refractivity contribution is -0.146. The molecule has 1 aliphatic rings. The number of nitrogens with zero attached hydrogens (tertiary/aromatic N) is 1. The number of rotatable bonds is 9. The van der Waals surface area contributed by atoms with Gasteiger partial charge in [-0.1, -0.05) is 27.2 Å². The summed E-state index contributed by atoms with van der Waals surface area (Å²) in [6.45, 7) is 10.0. The first kappa shape index (κ1) is 23.1. The third-order valence-electron chi connectivity index (χ3n) is 5.94. The molecular weight excluding hydrogens is 390 g/mol. The van der Waals surface area contributed by atoms with E-state index in [1.54, 1.807) is 0 Å². The third-order valence-corrected chi connectivity index (χ3v) is 5.94. The van der Waals surface area contributed by atoms with Crippen molar-refractivity contribution in [2.75, 3.05) is 13.2 Å². The van der Waals surface area contributed by atoms with Gasteiger partial charge in [0.15, 0.2) is 0 Å². The van der Waals surface area contributed by atoms with Crippen molar-refractivity contribution in [3.63, 3.8) is 0 Å². The molecule has 0 radical (unpaired) electrons. The number of fused-ring (bicyclic) bond motifs is 1. The van der Waals surface area contributed by atoms with Gasteiger partial charge in [-0.25, -0.2) is 0 Å². The Bertz CT molecular complexity index is 895. The predicted octanol–water partition coefficient (Wildman–Crippen LogP) is 5.54. The lowest BCUT2D eigenvalue weighted by atomic mass is 9.98. The quantitative estimate of drug-likeness (QED) is 0.391. The number of esters is 1. The van der Waals surface area contributed by atoms with E-state index in [1.807, 2.05) is 31.2 Å². The van der Waals surface area contributed by atoms with E-state index in [0.717, 1.165) is 55.7 Å². The molecule has 0 bridgehead atoms. The van der Waals surface area contributed by atoms with Gasteiger partial charge in [-0.2, -0.15) is 0 Å². The normalized spacial score (nSPS) is 16.0. The van der Waals surface area contributed by atoms with Crippen LogP contribution < -0.4 is 4.74 Å². The van der Waals surface area contributed by atoms with Gasteiger partial charge in [0, 0.05) is 17.8 Å². The molecule has 1 aromatic heterocycles. The first-order chi connectivity index (χ1) is 15.0. The number of ether oxygens (including phenoxy) is 2. The summed E-state index contributed by atoms with van der Waals surface area (Å²) in [6, 6.07) is 9.37. The van der Waals surface area contributed by atoms with Crippen LogP contribution in [0.3, 0.4) is 0 Å². The highest BCUT2D eigenvalue weighted by atomic mass is 16.5. The molecule has 31 heavy (non-hydrogen) atoms. The summed E-state index contributed by atoms with van der Waals surface area (Å²) in [5.74, 6) is 0.787. The van der Waals surface area contributed by atoms with Crippen molar-refractivity contribution in [3.05, 3.63) is 52.8 Å². The van der Waals surface area contributed by atoms with Gasteiger partial charge in [0.2, 0.25) is 5.78 Å². The average molecular weight is 426 g/mol. The Balaban J connectivity index is 1.91. The molecule has 1 aliphatic heterocycles. The highest BCUT2D eigenvalue weighted by Gasteiger charge is 2.31. The second kappa shape index (κ2) is 10.7. The molecule has 0 saturated heterocycles. The average Bonchev–Trinajstić information content (AvgIpc) is 2.99. The second-order valence-electron chi connectivity index (χ2n) is 8.63. The number of aromatic nitrogens is 1. The van der Waals surface area contributed by atoms with Crippen LogP contribution >= 0.6 is 0 Å². The standard InChI is InChI=1S/C26H35NO4/c1-5-19-17-23-22(26(29)31-16-14-18(3)4)9-7-8-15-27(23)24(19)25(28)20-10-12-21(13-11-20)30-6-2/h10-13,17-18,22H,5-9,14-16H2,1-4H3. The molecule has 5 heteroatoms. The molecule has 0 aliphatic carbocycles. The summed E-state index contributed by atoms with van der Waals surface area (Å²) in [6.07, 6.45) is 4.27. The smallest absolute Gasteiger partial charge is 0.314 e. The molecule has 1 unspecified atom stereocenters. The van der Waals surface area contributed by atoms with Gasteiger partial charge in [-0.15, -0.1) is 0 Å². The van der Waals surface area contributed by atoms with Crippen molar-refractivity contribution < 1.29 is 19.1 Å². The lowest BCUT2D eigenvalue weighted by Gasteiger charge is -2.17. The van der Waals surface area contributed by atoms with Crippen molar-refractivity contribution in [3.8, 4) is 5.75 Å². The molecule has 168 valence electrons. The maximum atomic E-state index is 13.5. The van der Waals surface area contributed by atoms with Crippen molar-refractivity contribution in [1.29, 1.82) is 0 Å². The molecule has 0 fully saturated rings. The molecule has 1 atom stereocenters. The lowest BCUT2D eigenvalue weighted by Crippen LogP contribution is -2.20. The van der Waals surface area contributed by atoms with E-state index in [-0.39, 0.29) is 17.7 Å². The number of aryl methyl sites for hydroxylation is 1. The minimum Gasteiger partial charge on any atom is -0.494 e. The number of ketones is 1. The molecule has 5 nitrogen and oxygen atoms in total. The monoisotopic (exact) mass is 425 g/mol. The zero-order valence-corrected chi connectivity index (χ0v) is 19.3. The van der Waals surface area contributed by atoms with E-state index in [2.05, 4.69) is 31.4 Å². The molecule has 1 aromatic carbocycles. The predicted molar refractivity (Wildman–Crippen MR) is 122 cm³/mol. The number of hydrogen-bond acceptors (Lipinski definition) is 4. The van der Waals surface area contributed by atoms with Gasteiger partial charge in [0.05, 0.1) is 24.8 Å². The van der Waals surface area contributed by atoms with Gasteiger partial charge in [-0.3, -0.25) is 9.59 Å². The summed E-state index contributed by atoms with van der Waals surface area (Å²) < 4.78 is 13.2. The molecular formula is C26H35NO4. The van der Waals surface area contributed by atoms with Crippen LogP contribution in [0.2, 0.25) is 0 Å². The Morgan fingerprint density at radius 3 is 2.52 bits per heavy atom. The largest absolute Gasteiger partial charge is 0.494 e. The third kappa shape index (κ3) is 5.38. The van der Waals surface area contributed by atoms with Crippen LogP contribution in [0.25, 0.3) is 0 Å². The summed E-state index contributed by atoms with van der Waals surface area (Å²) in [4.78, 5) is 26.4. The Labute approximate surface area is 185 Å². The van der Waals surface area contributed by atoms with E-state index >= 15 is 0 Å². The Hall–Kier alpha value is -2.56. The van der Waals surface area contributed by atoms with E-state index in [1.165, 1.54) is 0 Å². The number of hydrogen-bond donors (Lipinski definition) is 0. The van der Waals surface area contributed by atoms with E-state index < -0.39 is 0 Å². The number of carbonyl (C=O) groups is 2. The molecule has 2 heterocycles. The van der Waals surface area contributed by atoms with Crippen LogP contribution in [0.1, 0.15) is 86.6 Å². The molecule has 0 N–H and O–H groups in total. The van der Waals surface area contributed by atoms with E-state index in [0.29, 0.717) is 30.4 Å². The zero-order valence-electron chi connectivity index (χ0n) is 19.3. The maximum absolute atomic E-state index is 13.5. The fraction of sp³-hybridized carbons (Fsp3) is 0.538. The fourth-order valence-electron chi connectivity index (χ4n) is 4.20. The van der Waals surface area contributed by atoms with Crippen LogP contribution in [0.4, 0.5) is 0 Å². The molecule has 0 saturated carbocycles. The summed E-state index contributed by atoms with van der Waals surface area (Å²) in [5, 5.41) is 0. The Morgan fingerprint density at radius 1 is 1.13 bits per heavy atom. The van der Waals surface area contributed by atoms with Gasteiger partial charge in [-0.05, 0) is 74.4 Å². The second-order valence-corrected chi connectivity index (χ2v) is 8.63. The minimum atomic E-state index is -0.304. The van der Waals surface area contributed by atoms with Gasteiger partial charge < -0.3 is 14.0 Å². The molecule has 0 spiro atoms. The highest BCUT2D eigenvalue weighted by Crippen LogP contribution is 2.33. The van der Waals surface area contributed by atoms with Gasteiger partial charge >= 0.3 is 5.97 Å². The highest BCUT2D eigenvalue weighted by molar-refractivity contribution is 6.09. The van der Waals surface area contributed by atoms with Crippen molar-refractivity contribution in [1.82, 2.24) is 4.57 Å². The van der Waals surface area contributed by atoms with Crippen LogP contribution in [0, 0.1) is 5.92 Å². The summed E-state index contributed by atoms with van der Waals surface area (Å²) in [7, 11) is 0. The Kier molecular flexibility index (Phi) is 7.94. The van der Waals surface area contributed by atoms with Crippen LogP contribution in [-0.2, 0) is 22.5 Å². The minimum absolute atomic E-state index is 0.0000244. The zero-order chi connectivity index (χ0) is 22.4. The topological polar surface area (TPSA) is 57.5 Å². The van der Waals surface area contributed by atoms with Gasteiger partial charge in [0.25, 0.3) is 0 Å². The van der Waals surface area contributed by atoms with Crippen LogP contribution in [-0.4, -0.2) is 29.5 Å². The van der Waals surface area contributed by atoms with Crippen molar-refractivity contribution >= 4 is 11.8 Å². The van der Waals surface area contributed by atoms with E-state index in [4.69, 9.17) is 9.47 Å². The van der Waals surface area contributed by atoms with E-state index in [9.17, 15) is 9.59 Å². The van der Waals surface area contributed by atoms with Gasteiger partial charge in [0.1, 0.15) is 5.75 Å². The van der Waals surface area contributed by atoms with Crippen molar-refractivity contribution in [2.24, 2.45) is 5.92 Å². The van der Waals surface area contributed by atoms with Crippen molar-refractivity contribution in [2.45, 2.75) is 72.3 Å². The summed E-state index contributed by atoms with van der Waals surface area (Å²) in [5.41, 5.74) is 3.27. The number of benzene rings is 1. The molecule has 3 rings (SSSR count). The first-order valence-corrected chi connectivity index (χ1v) is 11.6.